The summed E-state index contributed by atoms with van der Waals surface area (Å²) in [6.07, 6.45) is -4.46. The molecule has 7 heteroatoms. The van der Waals surface area contributed by atoms with Crippen molar-refractivity contribution < 1.29 is 17.6 Å². The van der Waals surface area contributed by atoms with Crippen LogP contribution < -0.4 is 0 Å². The van der Waals surface area contributed by atoms with Crippen molar-refractivity contribution in [3.05, 3.63) is 71.6 Å². The Kier molecular flexibility index (Phi) is 4.08. The van der Waals surface area contributed by atoms with Gasteiger partial charge in [0.15, 0.2) is 0 Å². The molecule has 4 aromatic rings. The summed E-state index contributed by atoms with van der Waals surface area (Å²) in [5, 5.41) is 7.86. The van der Waals surface area contributed by atoms with E-state index in [0.29, 0.717) is 22.5 Å². The lowest BCUT2D eigenvalue weighted by Crippen LogP contribution is -2.03. The first-order valence-electron chi connectivity index (χ1n) is 7.68. The fraction of sp³-hybridized carbons (Fsp3) is 0.0526. The van der Waals surface area contributed by atoms with Crippen molar-refractivity contribution >= 4 is 11.3 Å². The van der Waals surface area contributed by atoms with Gasteiger partial charge in [0.25, 0.3) is 5.89 Å². The molecule has 0 saturated heterocycles. The third-order valence-electron chi connectivity index (χ3n) is 3.73. The number of aromatic nitrogens is 2. The third kappa shape index (κ3) is 3.13. The molecule has 0 radical (unpaired) electrons. The fourth-order valence-electron chi connectivity index (χ4n) is 2.56. The largest absolute Gasteiger partial charge is 0.426 e. The van der Waals surface area contributed by atoms with Crippen LogP contribution in [0.5, 0.6) is 0 Å². The zero-order chi connectivity index (χ0) is 18.1. The van der Waals surface area contributed by atoms with Crippen molar-refractivity contribution in [1.82, 2.24) is 10.2 Å². The van der Waals surface area contributed by atoms with E-state index in [-0.39, 0.29) is 22.2 Å². The average molecular weight is 372 g/mol. The molecule has 0 amide bonds. The van der Waals surface area contributed by atoms with Crippen molar-refractivity contribution in [2.45, 2.75) is 6.18 Å². The second-order valence-corrected chi connectivity index (χ2v) is 6.55. The van der Waals surface area contributed by atoms with Crippen LogP contribution in [0, 0.1) is 0 Å². The third-order valence-corrected chi connectivity index (χ3v) is 4.90. The lowest BCUT2D eigenvalue weighted by Gasteiger charge is -2.07. The molecule has 26 heavy (non-hydrogen) atoms. The van der Waals surface area contributed by atoms with Gasteiger partial charge in [-0.05, 0) is 23.8 Å². The van der Waals surface area contributed by atoms with Gasteiger partial charge in [-0.2, -0.15) is 13.2 Å². The number of halogens is 3. The number of hydrogen-bond donors (Lipinski definition) is 0. The van der Waals surface area contributed by atoms with Gasteiger partial charge >= 0.3 is 6.18 Å². The van der Waals surface area contributed by atoms with Crippen LogP contribution in [0.1, 0.15) is 4.88 Å². The van der Waals surface area contributed by atoms with Gasteiger partial charge in [-0.1, -0.05) is 48.5 Å². The van der Waals surface area contributed by atoms with Crippen molar-refractivity contribution in [1.29, 1.82) is 0 Å². The first-order valence-corrected chi connectivity index (χ1v) is 8.50. The molecular weight excluding hydrogens is 361 g/mol. The van der Waals surface area contributed by atoms with Crippen LogP contribution in [0.2, 0.25) is 0 Å². The summed E-state index contributed by atoms with van der Waals surface area (Å²) in [4.78, 5) is -0.399. The fourth-order valence-corrected chi connectivity index (χ4v) is 3.53. The Morgan fingerprint density at radius 3 is 1.96 bits per heavy atom. The summed E-state index contributed by atoms with van der Waals surface area (Å²) < 4.78 is 46.0. The first-order chi connectivity index (χ1) is 12.5. The van der Waals surface area contributed by atoms with Crippen molar-refractivity contribution in [3.8, 4) is 33.3 Å². The van der Waals surface area contributed by atoms with Crippen LogP contribution in [0.3, 0.4) is 0 Å². The zero-order valence-corrected chi connectivity index (χ0v) is 14.0. The molecule has 2 aromatic carbocycles. The molecule has 4 rings (SSSR count). The Labute approximate surface area is 150 Å². The van der Waals surface area contributed by atoms with Gasteiger partial charge in [0.05, 0.1) is 4.88 Å². The number of benzene rings is 2. The smallest absolute Gasteiger partial charge is 0.415 e. The molecule has 0 bridgehead atoms. The standard InChI is InChI=1S/C19H11F3N2OS/c20-19(21,22)16-14(12-7-3-1-4-8-12)11-15(26-16)18-24-23-17(25-18)13-9-5-2-6-10-13/h1-11H. The summed E-state index contributed by atoms with van der Waals surface area (Å²) >= 11 is 0.602. The summed E-state index contributed by atoms with van der Waals surface area (Å²) in [7, 11) is 0. The van der Waals surface area contributed by atoms with E-state index in [9.17, 15) is 13.2 Å². The van der Waals surface area contributed by atoms with Crippen LogP contribution in [0.15, 0.2) is 71.1 Å². The van der Waals surface area contributed by atoms with Crippen LogP contribution >= 0.6 is 11.3 Å². The molecular formula is C19H11F3N2OS. The van der Waals surface area contributed by atoms with Gasteiger partial charge in [0.1, 0.15) is 4.88 Å². The summed E-state index contributed by atoms with van der Waals surface area (Å²) in [5.41, 5.74) is 1.31. The molecule has 0 atom stereocenters. The number of alkyl halides is 3. The zero-order valence-electron chi connectivity index (χ0n) is 13.2. The van der Waals surface area contributed by atoms with Gasteiger partial charge in [0, 0.05) is 11.1 Å². The normalized spacial score (nSPS) is 11.7. The van der Waals surface area contributed by atoms with E-state index < -0.39 is 11.1 Å². The Morgan fingerprint density at radius 1 is 0.769 bits per heavy atom. The van der Waals surface area contributed by atoms with Gasteiger partial charge in [-0.15, -0.1) is 21.5 Å². The summed E-state index contributed by atoms with van der Waals surface area (Å²) in [6.45, 7) is 0. The quantitative estimate of drug-likeness (QED) is 0.433. The molecule has 0 fully saturated rings. The van der Waals surface area contributed by atoms with E-state index in [0.717, 1.165) is 0 Å². The van der Waals surface area contributed by atoms with E-state index in [1.54, 1.807) is 42.5 Å². The van der Waals surface area contributed by atoms with Crippen LogP contribution in [-0.4, -0.2) is 10.2 Å². The SMILES string of the molecule is FC(F)(F)c1sc(-c2nnc(-c3ccccc3)o2)cc1-c1ccccc1. The van der Waals surface area contributed by atoms with Crippen LogP contribution in [-0.2, 0) is 6.18 Å². The Balaban J connectivity index is 1.79. The number of rotatable bonds is 3. The lowest BCUT2D eigenvalue weighted by atomic mass is 10.1. The molecule has 0 spiro atoms. The topological polar surface area (TPSA) is 38.9 Å². The van der Waals surface area contributed by atoms with E-state index >= 15 is 0 Å². The van der Waals surface area contributed by atoms with E-state index in [2.05, 4.69) is 10.2 Å². The van der Waals surface area contributed by atoms with E-state index in [1.807, 2.05) is 18.2 Å². The van der Waals surface area contributed by atoms with Gasteiger partial charge in [-0.25, -0.2) is 0 Å². The molecule has 0 aliphatic carbocycles. The van der Waals surface area contributed by atoms with Gasteiger partial charge in [0.2, 0.25) is 5.89 Å². The number of hydrogen-bond acceptors (Lipinski definition) is 4. The summed E-state index contributed by atoms with van der Waals surface area (Å²) in [6, 6.07) is 19.0. The Hall–Kier alpha value is -2.93. The Bertz CT molecular complexity index is 1020. The highest BCUT2D eigenvalue weighted by molar-refractivity contribution is 7.16. The minimum atomic E-state index is -4.46. The maximum atomic E-state index is 13.5. The van der Waals surface area contributed by atoms with Crippen molar-refractivity contribution in [2.75, 3.05) is 0 Å². The molecule has 2 heterocycles. The number of thiophene rings is 1. The maximum Gasteiger partial charge on any atom is 0.426 e. The molecule has 0 aliphatic heterocycles. The summed E-state index contributed by atoms with van der Waals surface area (Å²) in [5.74, 6) is 0.338. The molecule has 0 saturated carbocycles. The highest BCUT2D eigenvalue weighted by Crippen LogP contribution is 2.45. The molecule has 0 aliphatic rings. The molecule has 0 unspecified atom stereocenters. The molecule has 2 aromatic heterocycles. The second kappa shape index (κ2) is 6.42. The van der Waals surface area contributed by atoms with E-state index in [4.69, 9.17) is 4.42 Å². The second-order valence-electron chi connectivity index (χ2n) is 5.50. The van der Waals surface area contributed by atoms with Crippen molar-refractivity contribution in [2.24, 2.45) is 0 Å². The van der Waals surface area contributed by atoms with Crippen LogP contribution in [0.4, 0.5) is 13.2 Å². The minimum absolute atomic E-state index is 0.0709. The maximum absolute atomic E-state index is 13.5. The number of nitrogens with zero attached hydrogens (tertiary/aromatic N) is 2. The minimum Gasteiger partial charge on any atom is -0.415 e. The highest BCUT2D eigenvalue weighted by Gasteiger charge is 2.37. The Morgan fingerprint density at radius 2 is 1.35 bits per heavy atom. The van der Waals surface area contributed by atoms with Gasteiger partial charge in [-0.3, -0.25) is 0 Å². The van der Waals surface area contributed by atoms with Crippen LogP contribution in [0.25, 0.3) is 33.3 Å². The van der Waals surface area contributed by atoms with E-state index in [1.165, 1.54) is 6.07 Å². The molecule has 0 N–H and O–H groups in total. The predicted molar refractivity (Wildman–Crippen MR) is 93.5 cm³/mol. The first kappa shape index (κ1) is 16.5. The lowest BCUT2D eigenvalue weighted by molar-refractivity contribution is -0.133. The van der Waals surface area contributed by atoms with Gasteiger partial charge < -0.3 is 4.42 Å². The monoisotopic (exact) mass is 372 g/mol. The van der Waals surface area contributed by atoms with Crippen molar-refractivity contribution in [3.63, 3.8) is 0 Å². The predicted octanol–water partition coefficient (Wildman–Crippen LogP) is 6.15. The average Bonchev–Trinajstić information content (AvgIpc) is 3.30. The molecule has 3 nitrogen and oxygen atoms in total. The molecule has 130 valence electrons. The highest BCUT2D eigenvalue weighted by atomic mass is 32.1.